The van der Waals surface area contributed by atoms with E-state index in [1.54, 1.807) is 12.1 Å². The van der Waals surface area contributed by atoms with E-state index in [1.165, 1.54) is 0 Å². The highest BCUT2D eigenvalue weighted by Crippen LogP contribution is 2.27. The fourth-order valence-corrected chi connectivity index (χ4v) is 3.76. The molecule has 2 atom stereocenters. The maximum Gasteiger partial charge on any atom is 0.0650 e. The molecule has 1 fully saturated rings. The highest BCUT2D eigenvalue weighted by atomic mass is 79.9. The Morgan fingerprint density at radius 3 is 2.93 bits per heavy atom. The van der Waals surface area contributed by atoms with Crippen LogP contribution in [-0.2, 0) is 15.5 Å². The Bertz CT molecular complexity index is 391. The topological polar surface area (TPSA) is 52.3 Å². The molecule has 0 bridgehead atoms. The predicted octanol–water partition coefficient (Wildman–Crippen LogP) is 1.93. The van der Waals surface area contributed by atoms with Crippen molar-refractivity contribution < 1.29 is 8.95 Å². The monoisotopic (exact) mass is 289 g/mol. The number of ether oxygens (including phenoxy) is 1. The van der Waals surface area contributed by atoms with E-state index in [9.17, 15) is 4.21 Å². The van der Waals surface area contributed by atoms with Crippen LogP contribution in [0.15, 0.2) is 27.6 Å². The lowest BCUT2D eigenvalue weighted by molar-refractivity contribution is 0.199. The minimum Gasteiger partial charge on any atom is -0.399 e. The maximum absolute atomic E-state index is 12.1. The zero-order valence-electron chi connectivity index (χ0n) is 8.11. The van der Waals surface area contributed by atoms with Gasteiger partial charge in [-0.25, -0.2) is 0 Å². The lowest BCUT2D eigenvalue weighted by Crippen LogP contribution is -2.15. The van der Waals surface area contributed by atoms with Gasteiger partial charge in [-0.3, -0.25) is 4.21 Å². The molecule has 82 valence electrons. The standard InChI is InChI=1S/C10H12BrNO2S/c11-9-5-7(12)1-2-10(9)15(13)8-3-4-14-6-8/h1-2,5,8H,3-4,6,12H2. The van der Waals surface area contributed by atoms with E-state index in [0.717, 1.165) is 15.8 Å². The third-order valence-corrected chi connectivity index (χ3v) is 5.05. The van der Waals surface area contributed by atoms with E-state index in [0.29, 0.717) is 18.9 Å². The molecule has 0 spiro atoms. The molecule has 0 aliphatic carbocycles. The Labute approximate surface area is 99.6 Å². The summed E-state index contributed by atoms with van der Waals surface area (Å²) in [4.78, 5) is 0.805. The van der Waals surface area contributed by atoms with Crippen LogP contribution in [0.3, 0.4) is 0 Å². The fraction of sp³-hybridized carbons (Fsp3) is 0.400. The van der Waals surface area contributed by atoms with E-state index >= 15 is 0 Å². The van der Waals surface area contributed by atoms with Crippen molar-refractivity contribution in [2.75, 3.05) is 18.9 Å². The smallest absolute Gasteiger partial charge is 0.0650 e. The molecule has 0 amide bonds. The van der Waals surface area contributed by atoms with Gasteiger partial charge in [0.15, 0.2) is 0 Å². The van der Waals surface area contributed by atoms with Crippen molar-refractivity contribution >= 4 is 32.4 Å². The molecule has 1 heterocycles. The molecule has 1 aliphatic heterocycles. The summed E-state index contributed by atoms with van der Waals surface area (Å²) in [5.41, 5.74) is 6.30. The lowest BCUT2D eigenvalue weighted by Gasteiger charge is -2.09. The van der Waals surface area contributed by atoms with Gasteiger partial charge in [-0.05, 0) is 40.5 Å². The first-order valence-corrected chi connectivity index (χ1v) is 6.72. The van der Waals surface area contributed by atoms with Crippen molar-refractivity contribution in [3.8, 4) is 0 Å². The minimum absolute atomic E-state index is 0.116. The van der Waals surface area contributed by atoms with E-state index in [4.69, 9.17) is 10.5 Å². The SMILES string of the molecule is Nc1ccc(S(=O)C2CCOC2)c(Br)c1. The number of nitrogens with two attached hydrogens (primary N) is 1. The second-order valence-corrected chi connectivity index (χ2v) is 6.03. The van der Waals surface area contributed by atoms with Crippen molar-refractivity contribution in [1.82, 2.24) is 0 Å². The van der Waals surface area contributed by atoms with Gasteiger partial charge >= 0.3 is 0 Å². The molecule has 2 rings (SSSR count). The van der Waals surface area contributed by atoms with Crippen LogP contribution < -0.4 is 5.73 Å². The maximum atomic E-state index is 12.1. The largest absolute Gasteiger partial charge is 0.399 e. The second kappa shape index (κ2) is 4.63. The predicted molar refractivity (Wildman–Crippen MR) is 64.2 cm³/mol. The van der Waals surface area contributed by atoms with Gasteiger partial charge in [0.05, 0.1) is 27.6 Å². The third-order valence-electron chi connectivity index (χ3n) is 2.36. The van der Waals surface area contributed by atoms with Crippen LogP contribution in [0.25, 0.3) is 0 Å². The molecule has 0 aromatic heterocycles. The summed E-state index contributed by atoms with van der Waals surface area (Å²) in [5.74, 6) is 0. The summed E-state index contributed by atoms with van der Waals surface area (Å²) in [5, 5.41) is 0.116. The molecule has 5 heteroatoms. The van der Waals surface area contributed by atoms with Gasteiger partial charge < -0.3 is 10.5 Å². The van der Waals surface area contributed by atoms with E-state index in [2.05, 4.69) is 15.9 Å². The van der Waals surface area contributed by atoms with Crippen molar-refractivity contribution in [3.05, 3.63) is 22.7 Å². The average molecular weight is 290 g/mol. The number of hydrogen-bond acceptors (Lipinski definition) is 3. The second-order valence-electron chi connectivity index (χ2n) is 3.47. The summed E-state index contributed by atoms with van der Waals surface area (Å²) < 4.78 is 18.2. The van der Waals surface area contributed by atoms with Gasteiger partial charge in [0, 0.05) is 16.8 Å². The summed E-state index contributed by atoms with van der Waals surface area (Å²) in [6.07, 6.45) is 0.865. The summed E-state index contributed by atoms with van der Waals surface area (Å²) in [6, 6.07) is 5.37. The molecule has 3 nitrogen and oxygen atoms in total. The molecule has 0 saturated carbocycles. The first-order chi connectivity index (χ1) is 7.18. The molecule has 1 aromatic carbocycles. The van der Waals surface area contributed by atoms with Gasteiger partial charge in [0.25, 0.3) is 0 Å². The molecule has 0 radical (unpaired) electrons. The zero-order chi connectivity index (χ0) is 10.8. The summed E-state index contributed by atoms with van der Waals surface area (Å²) in [7, 11) is -1.01. The number of hydrogen-bond donors (Lipinski definition) is 1. The lowest BCUT2D eigenvalue weighted by atomic mass is 10.3. The van der Waals surface area contributed by atoms with E-state index in [1.807, 2.05) is 6.07 Å². The van der Waals surface area contributed by atoms with Crippen LogP contribution in [0, 0.1) is 0 Å². The van der Waals surface area contributed by atoms with Crippen molar-refractivity contribution in [2.24, 2.45) is 0 Å². The first-order valence-electron chi connectivity index (χ1n) is 4.72. The summed E-state index contributed by atoms with van der Waals surface area (Å²) >= 11 is 3.38. The van der Waals surface area contributed by atoms with Gasteiger partial charge in [-0.1, -0.05) is 0 Å². The van der Waals surface area contributed by atoms with Crippen LogP contribution >= 0.6 is 15.9 Å². The molecule has 1 aromatic rings. The fourth-order valence-electron chi connectivity index (χ4n) is 1.54. The van der Waals surface area contributed by atoms with Gasteiger partial charge in [-0.2, -0.15) is 0 Å². The van der Waals surface area contributed by atoms with Crippen LogP contribution in [0.1, 0.15) is 6.42 Å². The average Bonchev–Trinajstić information content (AvgIpc) is 2.69. The number of benzene rings is 1. The molecule has 1 saturated heterocycles. The van der Waals surface area contributed by atoms with Gasteiger partial charge in [-0.15, -0.1) is 0 Å². The van der Waals surface area contributed by atoms with Crippen LogP contribution in [0.5, 0.6) is 0 Å². The number of halogens is 1. The third kappa shape index (κ3) is 2.41. The minimum atomic E-state index is -1.01. The van der Waals surface area contributed by atoms with E-state index < -0.39 is 10.8 Å². The van der Waals surface area contributed by atoms with Gasteiger partial charge in [0.2, 0.25) is 0 Å². The molecule has 15 heavy (non-hydrogen) atoms. The Morgan fingerprint density at radius 1 is 1.53 bits per heavy atom. The molecule has 2 N–H and O–H groups in total. The van der Waals surface area contributed by atoms with Crippen molar-refractivity contribution in [1.29, 1.82) is 0 Å². The van der Waals surface area contributed by atoms with Gasteiger partial charge in [0.1, 0.15) is 0 Å². The first kappa shape index (κ1) is 11.1. The summed E-state index contributed by atoms with van der Waals surface area (Å²) in [6.45, 7) is 1.30. The number of rotatable bonds is 2. The van der Waals surface area contributed by atoms with Crippen LogP contribution in [-0.4, -0.2) is 22.7 Å². The van der Waals surface area contributed by atoms with E-state index in [-0.39, 0.29) is 5.25 Å². The normalized spacial score (nSPS) is 22.9. The molecule has 2 unspecified atom stereocenters. The number of anilines is 1. The molecule has 1 aliphatic rings. The quantitative estimate of drug-likeness (QED) is 0.847. The highest BCUT2D eigenvalue weighted by Gasteiger charge is 2.24. The Balaban J connectivity index is 2.24. The zero-order valence-corrected chi connectivity index (χ0v) is 10.5. The Morgan fingerprint density at radius 2 is 2.33 bits per heavy atom. The Hall–Kier alpha value is -0.390. The molecular formula is C10H12BrNO2S. The van der Waals surface area contributed by atoms with Crippen LogP contribution in [0.2, 0.25) is 0 Å². The molecular weight excluding hydrogens is 278 g/mol. The van der Waals surface area contributed by atoms with Crippen molar-refractivity contribution in [3.63, 3.8) is 0 Å². The van der Waals surface area contributed by atoms with Crippen molar-refractivity contribution in [2.45, 2.75) is 16.6 Å². The Kier molecular flexibility index (Phi) is 3.43. The highest BCUT2D eigenvalue weighted by molar-refractivity contribution is 9.10. The van der Waals surface area contributed by atoms with Crippen LogP contribution in [0.4, 0.5) is 5.69 Å². The number of nitrogen functional groups attached to an aromatic ring is 1.